The largest absolute Gasteiger partial charge is 0.497 e. The zero-order chi connectivity index (χ0) is 38.5. The lowest BCUT2D eigenvalue weighted by molar-refractivity contribution is -0.121. The maximum Gasteiger partial charge on any atom is 0.301 e. The third-order valence-electron chi connectivity index (χ3n) is 10.3. The van der Waals surface area contributed by atoms with Crippen molar-refractivity contribution in [3.8, 4) is 34.5 Å². The summed E-state index contributed by atoms with van der Waals surface area (Å²) in [4.78, 5) is 29.8. The van der Waals surface area contributed by atoms with Crippen LogP contribution in [0.25, 0.3) is 49.7 Å². The van der Waals surface area contributed by atoms with E-state index < -0.39 is 11.8 Å². The summed E-state index contributed by atoms with van der Waals surface area (Å²) in [7, 11) is 1.64. The fourth-order valence-corrected chi connectivity index (χ4v) is 7.67. The Morgan fingerprint density at radius 3 is 1.63 bits per heavy atom. The van der Waals surface area contributed by atoms with Gasteiger partial charge in [-0.3, -0.25) is 14.2 Å². The second-order valence-corrected chi connectivity index (χ2v) is 13.7. The monoisotopic (exact) mass is 743 g/mol. The highest BCUT2D eigenvalue weighted by molar-refractivity contribution is 6.45. The molecule has 1 aliphatic heterocycles. The van der Waals surface area contributed by atoms with E-state index in [0.29, 0.717) is 28.6 Å². The molecule has 10 rings (SSSR count). The number of methoxy groups -OCH3 is 1. The lowest BCUT2D eigenvalue weighted by atomic mass is 10.1. The highest BCUT2D eigenvalue weighted by Crippen LogP contribution is 2.40. The van der Waals surface area contributed by atoms with Gasteiger partial charge in [-0.2, -0.15) is 0 Å². The van der Waals surface area contributed by atoms with Crippen LogP contribution < -0.4 is 19.1 Å². The van der Waals surface area contributed by atoms with E-state index in [1.807, 2.05) is 109 Å². The van der Waals surface area contributed by atoms with E-state index >= 15 is 0 Å². The topological polar surface area (TPSA) is 74.9 Å². The number of fused-ring (bicyclic) bond motifs is 4. The summed E-state index contributed by atoms with van der Waals surface area (Å²) in [6.07, 6.45) is 0. The van der Waals surface area contributed by atoms with Crippen molar-refractivity contribution >= 4 is 55.8 Å². The molecular formula is C49H33N3O5. The zero-order valence-electron chi connectivity index (χ0n) is 30.7. The van der Waals surface area contributed by atoms with Gasteiger partial charge in [-0.15, -0.1) is 0 Å². The average Bonchev–Trinajstić information content (AvgIpc) is 3.87. The minimum absolute atomic E-state index is 0.0644. The molecule has 274 valence electrons. The first-order valence-corrected chi connectivity index (χ1v) is 18.5. The Kier molecular flexibility index (Phi) is 8.15. The summed E-state index contributed by atoms with van der Waals surface area (Å²) in [5.41, 5.74) is 6.05. The Hall–Kier alpha value is -7.84. The standard InChI is InChI=1S/C49H33N3O5/c1-55-38-25-27-43-40(30-38)41-31-39(26-28-44(41)50(43)34-14-5-2-6-15-34)57-47-46(48(53)52(49(47)54)36-18-9-4-10-19-36)32-21-23-37(24-22-32)56-45-29-33-13-11-12-20-42(33)51(45)35-16-7-3-8-17-35/h2-31H,1H3. The molecule has 8 nitrogen and oxygen atoms in total. The van der Waals surface area contributed by atoms with Crippen LogP contribution >= 0.6 is 0 Å². The fourth-order valence-electron chi connectivity index (χ4n) is 7.67. The molecule has 0 fully saturated rings. The number of aromatic nitrogens is 2. The lowest BCUT2D eigenvalue weighted by Gasteiger charge is -2.15. The van der Waals surface area contributed by atoms with Gasteiger partial charge >= 0.3 is 5.91 Å². The van der Waals surface area contributed by atoms with Gasteiger partial charge in [0.1, 0.15) is 17.2 Å². The second kappa shape index (κ2) is 13.8. The molecule has 0 radical (unpaired) electrons. The number of benzene rings is 7. The van der Waals surface area contributed by atoms with Crippen LogP contribution in [-0.2, 0) is 9.59 Å². The summed E-state index contributed by atoms with van der Waals surface area (Å²) in [5.74, 6) is 1.24. The number of anilines is 1. The summed E-state index contributed by atoms with van der Waals surface area (Å²) in [6, 6.07) is 58.0. The number of hydrogen-bond donors (Lipinski definition) is 0. The first kappa shape index (κ1) is 33.7. The Balaban J connectivity index is 1.05. The van der Waals surface area contributed by atoms with Crippen LogP contribution in [0.4, 0.5) is 5.69 Å². The van der Waals surface area contributed by atoms with Crippen molar-refractivity contribution in [1.29, 1.82) is 0 Å². The molecular weight excluding hydrogens is 711 g/mol. The average molecular weight is 744 g/mol. The first-order valence-electron chi connectivity index (χ1n) is 18.5. The molecule has 9 aromatic rings. The summed E-state index contributed by atoms with van der Waals surface area (Å²) in [5, 5.41) is 2.89. The van der Waals surface area contributed by atoms with Gasteiger partial charge in [-0.05, 0) is 96.6 Å². The number of para-hydroxylation sites is 4. The van der Waals surface area contributed by atoms with Crippen molar-refractivity contribution in [2.45, 2.75) is 0 Å². The molecule has 1 aliphatic rings. The maximum absolute atomic E-state index is 14.3. The van der Waals surface area contributed by atoms with Gasteiger partial charge in [-0.1, -0.05) is 84.9 Å². The van der Waals surface area contributed by atoms with Gasteiger partial charge in [-0.25, -0.2) is 4.90 Å². The molecule has 57 heavy (non-hydrogen) atoms. The van der Waals surface area contributed by atoms with E-state index in [0.717, 1.165) is 54.7 Å². The van der Waals surface area contributed by atoms with Gasteiger partial charge in [0.25, 0.3) is 5.91 Å². The van der Waals surface area contributed by atoms with E-state index in [1.165, 1.54) is 0 Å². The summed E-state index contributed by atoms with van der Waals surface area (Å²) >= 11 is 0. The number of hydrogen-bond acceptors (Lipinski definition) is 5. The molecule has 7 aromatic carbocycles. The molecule has 8 heteroatoms. The maximum atomic E-state index is 14.3. The van der Waals surface area contributed by atoms with Crippen molar-refractivity contribution in [3.05, 3.63) is 193 Å². The number of amides is 2. The van der Waals surface area contributed by atoms with Crippen LogP contribution in [0.15, 0.2) is 188 Å². The summed E-state index contributed by atoms with van der Waals surface area (Å²) in [6.45, 7) is 0. The predicted molar refractivity (Wildman–Crippen MR) is 224 cm³/mol. The van der Waals surface area contributed by atoms with Crippen LogP contribution in [0.5, 0.6) is 23.1 Å². The van der Waals surface area contributed by atoms with Gasteiger partial charge < -0.3 is 18.8 Å². The molecule has 0 N–H and O–H groups in total. The quantitative estimate of drug-likeness (QED) is 0.138. The third-order valence-corrected chi connectivity index (χ3v) is 10.3. The summed E-state index contributed by atoms with van der Waals surface area (Å²) < 4.78 is 22.9. The molecule has 0 aliphatic carbocycles. The van der Waals surface area contributed by atoms with Crippen LogP contribution in [0.2, 0.25) is 0 Å². The second-order valence-electron chi connectivity index (χ2n) is 13.7. The van der Waals surface area contributed by atoms with Crippen LogP contribution in [0.1, 0.15) is 5.56 Å². The van der Waals surface area contributed by atoms with Crippen molar-refractivity contribution in [1.82, 2.24) is 9.13 Å². The fraction of sp³-hybridized carbons (Fsp3) is 0.0204. The Morgan fingerprint density at radius 1 is 0.439 bits per heavy atom. The molecule has 2 aromatic heterocycles. The van der Waals surface area contributed by atoms with Gasteiger partial charge in [0, 0.05) is 33.6 Å². The first-order chi connectivity index (χ1) is 28.1. The van der Waals surface area contributed by atoms with Crippen molar-refractivity contribution < 1.29 is 23.8 Å². The van der Waals surface area contributed by atoms with Gasteiger partial charge in [0.15, 0.2) is 0 Å². The van der Waals surface area contributed by atoms with E-state index in [9.17, 15) is 9.59 Å². The molecule has 0 bridgehead atoms. The van der Waals surface area contributed by atoms with Crippen molar-refractivity contribution in [3.63, 3.8) is 0 Å². The number of imide groups is 1. The SMILES string of the molecule is COc1ccc2c(c1)c1cc(OC3=C(c4ccc(Oc5cc6ccccc6n5-c5ccccc5)cc4)C(=O)N(c4ccccc4)C3=O)ccc1n2-c1ccccc1. The number of carbonyl (C=O) groups excluding carboxylic acids is 2. The third kappa shape index (κ3) is 5.79. The van der Waals surface area contributed by atoms with E-state index in [4.69, 9.17) is 14.2 Å². The molecule has 0 spiro atoms. The van der Waals surface area contributed by atoms with Gasteiger partial charge in [0.2, 0.25) is 11.6 Å². The van der Waals surface area contributed by atoms with E-state index in [2.05, 4.69) is 33.4 Å². The Morgan fingerprint density at radius 2 is 0.982 bits per heavy atom. The lowest BCUT2D eigenvalue weighted by Crippen LogP contribution is -2.32. The number of rotatable bonds is 9. The number of carbonyl (C=O) groups is 2. The molecule has 3 heterocycles. The van der Waals surface area contributed by atoms with Crippen LogP contribution in [0, 0.1) is 0 Å². The van der Waals surface area contributed by atoms with Crippen molar-refractivity contribution in [2.75, 3.05) is 12.0 Å². The Bertz CT molecular complexity index is 3020. The normalized spacial score (nSPS) is 13.0. The van der Waals surface area contributed by atoms with Crippen molar-refractivity contribution in [2.24, 2.45) is 0 Å². The molecule has 0 atom stereocenters. The van der Waals surface area contributed by atoms with E-state index in [1.54, 1.807) is 55.6 Å². The van der Waals surface area contributed by atoms with Crippen LogP contribution in [0.3, 0.4) is 0 Å². The predicted octanol–water partition coefficient (Wildman–Crippen LogP) is 10.9. The molecule has 0 saturated heterocycles. The van der Waals surface area contributed by atoms with E-state index in [-0.39, 0.29) is 11.3 Å². The van der Waals surface area contributed by atoms with Crippen LogP contribution in [-0.4, -0.2) is 28.1 Å². The molecule has 0 unspecified atom stereocenters. The Labute approximate surface area is 327 Å². The minimum atomic E-state index is -0.553. The molecule has 2 amide bonds. The highest BCUT2D eigenvalue weighted by atomic mass is 16.5. The minimum Gasteiger partial charge on any atom is -0.497 e. The highest BCUT2D eigenvalue weighted by Gasteiger charge is 2.42. The number of ether oxygens (including phenoxy) is 3. The molecule has 0 saturated carbocycles. The smallest absolute Gasteiger partial charge is 0.301 e. The van der Waals surface area contributed by atoms with Gasteiger partial charge in [0.05, 0.1) is 34.9 Å². The number of nitrogens with zero attached hydrogens (tertiary/aromatic N) is 3. The zero-order valence-corrected chi connectivity index (χ0v) is 30.7.